The van der Waals surface area contributed by atoms with Gasteiger partial charge < -0.3 is 5.32 Å². The predicted octanol–water partition coefficient (Wildman–Crippen LogP) is 2.95. The predicted molar refractivity (Wildman–Crippen MR) is 96.2 cm³/mol. The fourth-order valence-corrected chi connectivity index (χ4v) is 3.46. The molecule has 0 saturated carbocycles. The number of hydrazone groups is 1. The van der Waals surface area contributed by atoms with Crippen LogP contribution in [0.25, 0.3) is 0 Å². The van der Waals surface area contributed by atoms with Gasteiger partial charge in [-0.25, -0.2) is 5.43 Å². The second-order valence-corrected chi connectivity index (χ2v) is 6.69. The second kappa shape index (κ2) is 7.31. The molecule has 1 heterocycles. The maximum Gasteiger partial charge on any atom is 0.241 e. The molecule has 0 radical (unpaired) electrons. The lowest BCUT2D eigenvalue weighted by atomic mass is 10.1. The zero-order chi connectivity index (χ0) is 16.9. The maximum atomic E-state index is 12.1. The molecule has 2 aromatic rings. The summed E-state index contributed by atoms with van der Waals surface area (Å²) in [5.41, 5.74) is 5.30. The van der Waals surface area contributed by atoms with Gasteiger partial charge in [0.2, 0.25) is 11.8 Å². The van der Waals surface area contributed by atoms with Gasteiger partial charge in [-0.05, 0) is 30.2 Å². The van der Waals surface area contributed by atoms with E-state index in [2.05, 4.69) is 15.8 Å². The molecule has 0 aromatic heterocycles. The van der Waals surface area contributed by atoms with Crippen molar-refractivity contribution < 1.29 is 9.59 Å². The fraction of sp³-hybridized carbons (Fsp3) is 0.167. The minimum absolute atomic E-state index is 0.0793. The van der Waals surface area contributed by atoms with E-state index in [9.17, 15) is 9.59 Å². The lowest BCUT2D eigenvalue weighted by Gasteiger charge is -2.23. The van der Waals surface area contributed by atoms with Gasteiger partial charge in [0.25, 0.3) is 0 Å². The van der Waals surface area contributed by atoms with Crippen LogP contribution in [-0.4, -0.2) is 23.3 Å². The van der Waals surface area contributed by atoms with Crippen molar-refractivity contribution in [2.24, 2.45) is 5.10 Å². The van der Waals surface area contributed by atoms with Crippen molar-refractivity contribution in [2.45, 2.75) is 23.5 Å². The first-order chi connectivity index (χ1) is 11.6. The molecule has 2 aromatic carbocycles. The molecule has 0 aliphatic carbocycles. The molecule has 0 fully saturated rings. The van der Waals surface area contributed by atoms with Crippen LogP contribution in [0.3, 0.4) is 0 Å². The molecule has 0 saturated heterocycles. The van der Waals surface area contributed by atoms with Crippen LogP contribution < -0.4 is 10.7 Å². The van der Waals surface area contributed by atoms with E-state index in [0.717, 1.165) is 21.7 Å². The average Bonchev–Trinajstić information content (AvgIpc) is 2.57. The summed E-state index contributed by atoms with van der Waals surface area (Å²) < 4.78 is 0. The first-order valence-electron chi connectivity index (χ1n) is 7.57. The monoisotopic (exact) mass is 339 g/mol. The summed E-state index contributed by atoms with van der Waals surface area (Å²) >= 11 is 1.40. The van der Waals surface area contributed by atoms with Gasteiger partial charge >= 0.3 is 0 Å². The van der Waals surface area contributed by atoms with Gasteiger partial charge in [-0.15, -0.1) is 11.8 Å². The number of fused-ring (bicyclic) bond motifs is 1. The number of hydrogen-bond donors (Lipinski definition) is 2. The molecule has 122 valence electrons. The lowest BCUT2D eigenvalue weighted by Crippen LogP contribution is -2.33. The second-order valence-electron chi connectivity index (χ2n) is 5.45. The fourth-order valence-electron chi connectivity index (χ4n) is 2.35. The highest BCUT2D eigenvalue weighted by Gasteiger charge is 2.28. The molecule has 5 nitrogen and oxygen atoms in total. The van der Waals surface area contributed by atoms with E-state index in [1.165, 1.54) is 11.8 Å². The van der Waals surface area contributed by atoms with Crippen molar-refractivity contribution >= 4 is 35.5 Å². The van der Waals surface area contributed by atoms with Crippen LogP contribution in [0.4, 0.5) is 5.69 Å². The van der Waals surface area contributed by atoms with Crippen LogP contribution >= 0.6 is 11.8 Å². The Bertz CT molecular complexity index is 804. The number of hydrogen-bond acceptors (Lipinski definition) is 4. The topological polar surface area (TPSA) is 70.6 Å². The number of benzene rings is 2. The number of anilines is 1. The quantitative estimate of drug-likeness (QED) is 0.664. The van der Waals surface area contributed by atoms with Crippen LogP contribution in [0.5, 0.6) is 0 Å². The van der Waals surface area contributed by atoms with E-state index in [4.69, 9.17) is 0 Å². The van der Waals surface area contributed by atoms with Crippen molar-refractivity contribution in [3.63, 3.8) is 0 Å². The van der Waals surface area contributed by atoms with Crippen LogP contribution in [0, 0.1) is 6.92 Å². The Balaban J connectivity index is 1.58. The molecule has 1 atom stereocenters. The largest absolute Gasteiger partial charge is 0.324 e. The van der Waals surface area contributed by atoms with Crippen LogP contribution in [0.2, 0.25) is 0 Å². The van der Waals surface area contributed by atoms with Gasteiger partial charge in [0.1, 0.15) is 0 Å². The Morgan fingerprint density at radius 3 is 2.83 bits per heavy atom. The SMILES string of the molecule is Cc1ccccc1C=NNC(=O)CC1Sc2ccccc2NC1=O. The van der Waals surface area contributed by atoms with Crippen molar-refractivity contribution in [3.8, 4) is 0 Å². The van der Waals surface area contributed by atoms with E-state index in [1.807, 2.05) is 55.5 Å². The van der Waals surface area contributed by atoms with E-state index in [-0.39, 0.29) is 18.2 Å². The Morgan fingerprint density at radius 1 is 1.25 bits per heavy atom. The van der Waals surface area contributed by atoms with E-state index >= 15 is 0 Å². The third kappa shape index (κ3) is 3.83. The van der Waals surface area contributed by atoms with E-state index < -0.39 is 5.25 Å². The first-order valence-corrected chi connectivity index (χ1v) is 8.45. The van der Waals surface area contributed by atoms with Crippen molar-refractivity contribution in [1.82, 2.24) is 5.43 Å². The number of para-hydroxylation sites is 1. The van der Waals surface area contributed by atoms with Crippen LogP contribution in [0.1, 0.15) is 17.5 Å². The van der Waals surface area contributed by atoms with Crippen molar-refractivity contribution in [2.75, 3.05) is 5.32 Å². The molecule has 1 unspecified atom stereocenters. The van der Waals surface area contributed by atoms with E-state index in [1.54, 1.807) is 6.21 Å². The van der Waals surface area contributed by atoms with Gasteiger partial charge in [-0.2, -0.15) is 5.10 Å². The van der Waals surface area contributed by atoms with Gasteiger partial charge in [-0.3, -0.25) is 9.59 Å². The number of carbonyl (C=O) groups is 2. The highest BCUT2D eigenvalue weighted by Crippen LogP contribution is 2.36. The Kier molecular flexibility index (Phi) is 4.96. The Morgan fingerprint density at radius 2 is 2.00 bits per heavy atom. The minimum Gasteiger partial charge on any atom is -0.324 e. The summed E-state index contributed by atoms with van der Waals surface area (Å²) in [7, 11) is 0. The lowest BCUT2D eigenvalue weighted by molar-refractivity contribution is -0.124. The molecule has 3 rings (SSSR count). The molecule has 6 heteroatoms. The summed E-state index contributed by atoms with van der Waals surface area (Å²) in [4.78, 5) is 25.1. The number of aryl methyl sites for hydroxylation is 1. The van der Waals surface area contributed by atoms with Crippen LogP contribution in [-0.2, 0) is 9.59 Å². The molecular weight excluding hydrogens is 322 g/mol. The molecule has 2 N–H and O–H groups in total. The highest BCUT2D eigenvalue weighted by molar-refractivity contribution is 8.01. The van der Waals surface area contributed by atoms with Gasteiger partial charge in [0, 0.05) is 11.3 Å². The number of rotatable bonds is 4. The maximum absolute atomic E-state index is 12.1. The number of nitrogens with zero attached hydrogens (tertiary/aromatic N) is 1. The summed E-state index contributed by atoms with van der Waals surface area (Å²) in [6, 6.07) is 15.3. The summed E-state index contributed by atoms with van der Waals surface area (Å²) in [6.45, 7) is 1.98. The zero-order valence-corrected chi connectivity index (χ0v) is 14.0. The first kappa shape index (κ1) is 16.3. The van der Waals surface area contributed by atoms with Gasteiger partial charge in [0.05, 0.1) is 17.2 Å². The molecular formula is C18H17N3O2S. The van der Waals surface area contributed by atoms with Crippen LogP contribution in [0.15, 0.2) is 58.5 Å². The third-order valence-electron chi connectivity index (χ3n) is 3.66. The Hall–Kier alpha value is -2.60. The van der Waals surface area contributed by atoms with Crippen molar-refractivity contribution in [1.29, 1.82) is 0 Å². The molecule has 24 heavy (non-hydrogen) atoms. The molecule has 2 amide bonds. The number of carbonyl (C=O) groups excluding carboxylic acids is 2. The minimum atomic E-state index is -0.450. The number of amides is 2. The molecule has 0 spiro atoms. The summed E-state index contributed by atoms with van der Waals surface area (Å²) in [5, 5.41) is 6.35. The highest BCUT2D eigenvalue weighted by atomic mass is 32.2. The molecule has 1 aliphatic heterocycles. The molecule has 1 aliphatic rings. The normalized spacial score (nSPS) is 16.5. The molecule has 0 bridgehead atoms. The van der Waals surface area contributed by atoms with Crippen molar-refractivity contribution in [3.05, 3.63) is 59.7 Å². The number of thioether (sulfide) groups is 1. The van der Waals surface area contributed by atoms with Gasteiger partial charge in [-0.1, -0.05) is 36.4 Å². The summed E-state index contributed by atoms with van der Waals surface area (Å²) in [6.07, 6.45) is 1.69. The zero-order valence-electron chi connectivity index (χ0n) is 13.2. The Labute approximate surface area is 144 Å². The van der Waals surface area contributed by atoms with Gasteiger partial charge in [0.15, 0.2) is 0 Å². The third-order valence-corrected chi connectivity index (χ3v) is 4.93. The van der Waals surface area contributed by atoms with E-state index in [0.29, 0.717) is 0 Å². The number of nitrogens with one attached hydrogen (secondary N) is 2. The summed E-state index contributed by atoms with van der Waals surface area (Å²) in [5.74, 6) is -0.441. The smallest absolute Gasteiger partial charge is 0.241 e. The standard InChI is InChI=1S/C18H17N3O2S/c1-12-6-2-3-7-13(12)11-19-21-17(22)10-16-18(23)20-14-8-4-5-9-15(14)24-16/h2-9,11,16H,10H2,1H3,(H,20,23)(H,21,22). The average molecular weight is 339 g/mol.